The van der Waals surface area contributed by atoms with Gasteiger partial charge in [-0.05, 0) is 13.8 Å². The molecule has 0 radical (unpaired) electrons. The van der Waals surface area contributed by atoms with E-state index >= 15 is 0 Å². The molecule has 1 atom stereocenters. The van der Waals surface area contributed by atoms with E-state index < -0.39 is 10.5 Å². The monoisotopic (exact) mass is 298 g/mol. The van der Waals surface area contributed by atoms with Crippen LogP contribution in [0.25, 0.3) is 0 Å². The minimum Gasteiger partial charge on any atom is -0.386 e. The molecular weight excluding hydrogens is 280 g/mol. The third-order valence-electron chi connectivity index (χ3n) is 3.52. The summed E-state index contributed by atoms with van der Waals surface area (Å²) in [6, 6.07) is 0. The summed E-state index contributed by atoms with van der Waals surface area (Å²) in [6.07, 6.45) is 0.471. The normalized spacial score (nSPS) is 21.5. The summed E-state index contributed by atoms with van der Waals surface area (Å²) in [4.78, 5) is 22.2. The van der Waals surface area contributed by atoms with Crippen molar-refractivity contribution < 1.29 is 19.6 Å². The van der Waals surface area contributed by atoms with Gasteiger partial charge in [0.15, 0.2) is 0 Å². The molecule has 1 amide bonds. The molecule has 21 heavy (non-hydrogen) atoms. The number of nitro groups is 1. The lowest BCUT2D eigenvalue weighted by molar-refractivity contribution is -0.386. The van der Waals surface area contributed by atoms with Gasteiger partial charge >= 0.3 is 5.69 Å². The molecule has 0 saturated carbocycles. The molecule has 1 saturated heterocycles. The Morgan fingerprint density at radius 3 is 2.86 bits per heavy atom. The molecule has 0 aliphatic carbocycles. The molecule has 1 aliphatic rings. The molecule has 0 aromatic carbocycles. The van der Waals surface area contributed by atoms with Crippen molar-refractivity contribution in [2.24, 2.45) is 0 Å². The zero-order valence-electron chi connectivity index (χ0n) is 12.0. The second-order valence-electron chi connectivity index (χ2n) is 5.24. The molecule has 0 spiro atoms. The minimum absolute atomic E-state index is 0.0781. The Balaban J connectivity index is 1.97. The Kier molecular flexibility index (Phi) is 4.24. The lowest BCUT2D eigenvalue weighted by atomic mass is 10.0. The summed E-state index contributed by atoms with van der Waals surface area (Å²) in [5.41, 5.74) is -0.509. The molecule has 1 fully saturated rings. The van der Waals surface area contributed by atoms with Crippen LogP contribution in [0.2, 0.25) is 0 Å². The van der Waals surface area contributed by atoms with Crippen LogP contribution in [0.4, 0.5) is 5.69 Å². The lowest BCUT2D eigenvalue weighted by Crippen LogP contribution is -2.44. The molecule has 9 heteroatoms. The number of amides is 1. The van der Waals surface area contributed by atoms with E-state index in [1.54, 1.807) is 6.92 Å². The Morgan fingerprint density at radius 2 is 2.33 bits per heavy atom. The number of carbonyl (C=O) groups excluding carboxylic acids is 1. The highest BCUT2D eigenvalue weighted by atomic mass is 16.6. The predicted molar refractivity (Wildman–Crippen MR) is 71.8 cm³/mol. The molecule has 1 aromatic rings. The third kappa shape index (κ3) is 3.37. The van der Waals surface area contributed by atoms with Crippen molar-refractivity contribution in [3.05, 3.63) is 21.5 Å². The summed E-state index contributed by atoms with van der Waals surface area (Å²) in [5, 5.41) is 27.5. The minimum atomic E-state index is -1.03. The van der Waals surface area contributed by atoms with Gasteiger partial charge in [0, 0.05) is 19.6 Å². The SMILES string of the molecule is Cc1nn(CC(=O)NCC2(O)CCOC2)c(C)c1[N+](=O)[O-]. The van der Waals surface area contributed by atoms with Gasteiger partial charge in [0.1, 0.15) is 23.5 Å². The van der Waals surface area contributed by atoms with Gasteiger partial charge in [0.2, 0.25) is 5.91 Å². The summed E-state index contributed by atoms with van der Waals surface area (Å²) >= 11 is 0. The Labute approximate surface area is 121 Å². The van der Waals surface area contributed by atoms with Gasteiger partial charge in [-0.1, -0.05) is 0 Å². The largest absolute Gasteiger partial charge is 0.386 e. The first kappa shape index (κ1) is 15.4. The van der Waals surface area contributed by atoms with Crippen molar-refractivity contribution in [2.75, 3.05) is 19.8 Å². The summed E-state index contributed by atoms with van der Waals surface area (Å²) < 4.78 is 6.37. The van der Waals surface area contributed by atoms with E-state index in [-0.39, 0.29) is 37.0 Å². The van der Waals surface area contributed by atoms with Crippen LogP contribution in [-0.2, 0) is 16.1 Å². The third-order valence-corrected chi connectivity index (χ3v) is 3.52. The Bertz CT molecular complexity index is 562. The summed E-state index contributed by atoms with van der Waals surface area (Å²) in [5.74, 6) is -0.365. The van der Waals surface area contributed by atoms with E-state index in [9.17, 15) is 20.0 Å². The van der Waals surface area contributed by atoms with E-state index in [2.05, 4.69) is 10.4 Å². The quantitative estimate of drug-likeness (QED) is 0.567. The van der Waals surface area contributed by atoms with Gasteiger partial charge in [0.05, 0.1) is 11.5 Å². The van der Waals surface area contributed by atoms with Crippen LogP contribution in [0, 0.1) is 24.0 Å². The number of hydrogen-bond donors (Lipinski definition) is 2. The van der Waals surface area contributed by atoms with Gasteiger partial charge < -0.3 is 15.2 Å². The molecule has 9 nitrogen and oxygen atoms in total. The van der Waals surface area contributed by atoms with E-state index in [1.807, 2.05) is 0 Å². The van der Waals surface area contributed by atoms with Gasteiger partial charge in [-0.2, -0.15) is 5.10 Å². The van der Waals surface area contributed by atoms with Crippen LogP contribution in [-0.4, -0.2) is 51.1 Å². The van der Waals surface area contributed by atoms with Crippen LogP contribution < -0.4 is 5.32 Å². The Morgan fingerprint density at radius 1 is 1.62 bits per heavy atom. The fraction of sp³-hybridized carbons (Fsp3) is 0.667. The van der Waals surface area contributed by atoms with Crippen molar-refractivity contribution in [1.82, 2.24) is 15.1 Å². The van der Waals surface area contributed by atoms with Gasteiger partial charge in [-0.15, -0.1) is 0 Å². The highest BCUT2D eigenvalue weighted by Crippen LogP contribution is 2.21. The first-order valence-corrected chi connectivity index (χ1v) is 6.58. The molecule has 2 N–H and O–H groups in total. The topological polar surface area (TPSA) is 120 Å². The van der Waals surface area contributed by atoms with Crippen LogP contribution in [0.5, 0.6) is 0 Å². The number of rotatable bonds is 5. The maximum atomic E-state index is 11.9. The molecule has 2 rings (SSSR count). The van der Waals surface area contributed by atoms with E-state index in [1.165, 1.54) is 11.6 Å². The van der Waals surface area contributed by atoms with Gasteiger partial charge in [-0.3, -0.25) is 19.6 Å². The van der Waals surface area contributed by atoms with Crippen molar-refractivity contribution in [2.45, 2.75) is 32.4 Å². The molecule has 0 bridgehead atoms. The average molecular weight is 298 g/mol. The highest BCUT2D eigenvalue weighted by Gasteiger charge is 2.32. The smallest absolute Gasteiger partial charge is 0.312 e. The first-order valence-electron chi connectivity index (χ1n) is 6.58. The van der Waals surface area contributed by atoms with Crippen LogP contribution in [0.3, 0.4) is 0 Å². The fourth-order valence-corrected chi connectivity index (χ4v) is 2.30. The van der Waals surface area contributed by atoms with E-state index in [4.69, 9.17) is 4.74 Å². The maximum Gasteiger partial charge on any atom is 0.312 e. The maximum absolute atomic E-state index is 11.9. The number of hydrogen-bond acceptors (Lipinski definition) is 6. The van der Waals surface area contributed by atoms with Crippen LogP contribution >= 0.6 is 0 Å². The zero-order chi connectivity index (χ0) is 15.6. The van der Waals surface area contributed by atoms with Gasteiger partial charge in [0.25, 0.3) is 0 Å². The van der Waals surface area contributed by atoms with Crippen molar-refractivity contribution >= 4 is 11.6 Å². The number of aryl methyl sites for hydroxylation is 1. The van der Waals surface area contributed by atoms with E-state index in [0.717, 1.165) is 0 Å². The molecule has 116 valence electrons. The predicted octanol–water partition coefficient (Wildman–Crippen LogP) is -0.324. The molecule has 2 heterocycles. The van der Waals surface area contributed by atoms with E-state index in [0.29, 0.717) is 18.7 Å². The second kappa shape index (κ2) is 5.78. The van der Waals surface area contributed by atoms with Crippen molar-refractivity contribution in [3.8, 4) is 0 Å². The first-order chi connectivity index (χ1) is 9.82. The summed E-state index contributed by atoms with van der Waals surface area (Å²) in [7, 11) is 0. The number of carbonyl (C=O) groups is 1. The number of nitrogens with zero attached hydrogens (tertiary/aromatic N) is 3. The average Bonchev–Trinajstić information content (AvgIpc) is 2.93. The molecule has 1 aliphatic heterocycles. The number of aromatic nitrogens is 2. The second-order valence-corrected chi connectivity index (χ2v) is 5.24. The highest BCUT2D eigenvalue weighted by molar-refractivity contribution is 5.76. The Hall–Kier alpha value is -2.00. The number of nitrogens with one attached hydrogen (secondary N) is 1. The summed E-state index contributed by atoms with van der Waals surface area (Å²) in [6.45, 7) is 3.70. The van der Waals surface area contributed by atoms with Crippen molar-refractivity contribution in [3.63, 3.8) is 0 Å². The molecule has 1 unspecified atom stereocenters. The lowest BCUT2D eigenvalue weighted by Gasteiger charge is -2.20. The van der Waals surface area contributed by atoms with Crippen molar-refractivity contribution in [1.29, 1.82) is 0 Å². The zero-order valence-corrected chi connectivity index (χ0v) is 12.0. The van der Waals surface area contributed by atoms with Crippen LogP contribution in [0.15, 0.2) is 0 Å². The van der Waals surface area contributed by atoms with Crippen LogP contribution in [0.1, 0.15) is 17.8 Å². The molecule has 1 aromatic heterocycles. The fourth-order valence-electron chi connectivity index (χ4n) is 2.30. The standard InChI is InChI=1S/C12H18N4O5/c1-8-11(16(19)20)9(2)15(14-8)5-10(17)13-6-12(18)3-4-21-7-12/h18H,3-7H2,1-2H3,(H,13,17). The molecular formula is C12H18N4O5. The number of aliphatic hydroxyl groups is 1. The number of ether oxygens (including phenoxy) is 1. The van der Waals surface area contributed by atoms with Gasteiger partial charge in [-0.25, -0.2) is 0 Å².